The van der Waals surface area contributed by atoms with Crippen molar-refractivity contribution < 1.29 is 4.79 Å². The molecule has 17 heavy (non-hydrogen) atoms. The second kappa shape index (κ2) is 4.06. The SMILES string of the molecule is CC(=O)N1CCc2c(C)[nH]c(=O)c(C#N)c2C1. The maximum Gasteiger partial charge on any atom is 0.266 e. The van der Waals surface area contributed by atoms with Gasteiger partial charge in [0.05, 0.1) is 0 Å². The molecule has 5 nitrogen and oxygen atoms in total. The summed E-state index contributed by atoms with van der Waals surface area (Å²) in [5.41, 5.74) is 2.27. The van der Waals surface area contributed by atoms with Crippen molar-refractivity contribution in [3.63, 3.8) is 0 Å². The lowest BCUT2D eigenvalue weighted by Gasteiger charge is -2.29. The molecule has 0 spiro atoms. The van der Waals surface area contributed by atoms with Crippen LogP contribution >= 0.6 is 0 Å². The second-order valence-electron chi connectivity index (χ2n) is 4.21. The fourth-order valence-corrected chi connectivity index (χ4v) is 2.24. The van der Waals surface area contributed by atoms with Crippen molar-refractivity contribution in [3.8, 4) is 6.07 Å². The minimum Gasteiger partial charge on any atom is -0.338 e. The van der Waals surface area contributed by atoms with Gasteiger partial charge in [-0.1, -0.05) is 0 Å². The number of H-pyrrole nitrogens is 1. The van der Waals surface area contributed by atoms with Crippen molar-refractivity contribution in [1.82, 2.24) is 9.88 Å². The van der Waals surface area contributed by atoms with Gasteiger partial charge in [0.25, 0.3) is 5.56 Å². The maximum atomic E-state index is 11.6. The van der Waals surface area contributed by atoms with Gasteiger partial charge >= 0.3 is 0 Å². The Labute approximate surface area is 98.7 Å². The highest BCUT2D eigenvalue weighted by Gasteiger charge is 2.24. The molecular weight excluding hydrogens is 218 g/mol. The molecule has 1 aliphatic heterocycles. The first-order valence-electron chi connectivity index (χ1n) is 5.45. The molecule has 0 aliphatic carbocycles. The van der Waals surface area contributed by atoms with E-state index in [9.17, 15) is 9.59 Å². The average molecular weight is 231 g/mol. The molecule has 5 heteroatoms. The second-order valence-corrected chi connectivity index (χ2v) is 4.21. The fraction of sp³-hybridized carbons (Fsp3) is 0.417. The van der Waals surface area contributed by atoms with Crippen molar-refractivity contribution in [3.05, 3.63) is 32.7 Å². The summed E-state index contributed by atoms with van der Waals surface area (Å²) in [7, 11) is 0. The van der Waals surface area contributed by atoms with Crippen LogP contribution in [0.4, 0.5) is 0 Å². The lowest BCUT2D eigenvalue weighted by Crippen LogP contribution is -2.36. The molecule has 1 aromatic heterocycles. The Hall–Kier alpha value is -2.09. The summed E-state index contributed by atoms with van der Waals surface area (Å²) in [6.45, 7) is 4.32. The first-order chi connectivity index (χ1) is 8.04. The number of rotatable bonds is 0. The van der Waals surface area contributed by atoms with Crippen LogP contribution in [-0.4, -0.2) is 22.3 Å². The van der Waals surface area contributed by atoms with E-state index >= 15 is 0 Å². The predicted octanol–water partition coefficient (Wildman–Crippen LogP) is 0.460. The number of nitriles is 1. The smallest absolute Gasteiger partial charge is 0.266 e. The van der Waals surface area contributed by atoms with Gasteiger partial charge in [-0.25, -0.2) is 0 Å². The van der Waals surface area contributed by atoms with Gasteiger partial charge in [0.1, 0.15) is 11.6 Å². The van der Waals surface area contributed by atoms with Crippen LogP contribution in [0, 0.1) is 18.3 Å². The minimum absolute atomic E-state index is 0.0301. The van der Waals surface area contributed by atoms with Crippen LogP contribution in [0.1, 0.15) is 29.3 Å². The third kappa shape index (κ3) is 1.82. The molecule has 0 saturated carbocycles. The molecule has 0 unspecified atom stereocenters. The third-order valence-electron chi connectivity index (χ3n) is 3.18. The van der Waals surface area contributed by atoms with E-state index in [1.54, 1.807) is 4.90 Å². The van der Waals surface area contributed by atoms with E-state index in [2.05, 4.69) is 4.98 Å². The lowest BCUT2D eigenvalue weighted by molar-refractivity contribution is -0.129. The number of aryl methyl sites for hydroxylation is 1. The fourth-order valence-electron chi connectivity index (χ4n) is 2.24. The van der Waals surface area contributed by atoms with Crippen molar-refractivity contribution >= 4 is 5.91 Å². The Morgan fingerprint density at radius 2 is 2.18 bits per heavy atom. The van der Waals surface area contributed by atoms with Crippen LogP contribution in [0.3, 0.4) is 0 Å². The van der Waals surface area contributed by atoms with Crippen molar-refractivity contribution in [1.29, 1.82) is 5.26 Å². The monoisotopic (exact) mass is 231 g/mol. The zero-order valence-corrected chi connectivity index (χ0v) is 9.83. The summed E-state index contributed by atoms with van der Waals surface area (Å²) >= 11 is 0. The number of nitrogens with one attached hydrogen (secondary N) is 1. The van der Waals surface area contributed by atoms with Gasteiger partial charge in [0, 0.05) is 25.7 Å². The van der Waals surface area contributed by atoms with Crippen LogP contribution in [0.2, 0.25) is 0 Å². The van der Waals surface area contributed by atoms with Crippen molar-refractivity contribution in [2.45, 2.75) is 26.8 Å². The molecule has 0 radical (unpaired) electrons. The Balaban J connectivity index is 2.59. The standard InChI is InChI=1S/C12H13N3O2/c1-7-9-3-4-15(8(2)16)6-11(9)10(5-13)12(17)14-7/h3-4,6H2,1-2H3,(H,14,17). The molecule has 88 valence electrons. The van der Waals surface area contributed by atoms with E-state index in [1.165, 1.54) is 6.92 Å². The van der Waals surface area contributed by atoms with Crippen molar-refractivity contribution in [2.75, 3.05) is 6.54 Å². The van der Waals surface area contributed by atoms with Crippen LogP contribution in [-0.2, 0) is 17.8 Å². The molecule has 0 atom stereocenters. The number of nitrogens with zero attached hydrogens (tertiary/aromatic N) is 2. The summed E-state index contributed by atoms with van der Waals surface area (Å²) in [6.07, 6.45) is 0.687. The topological polar surface area (TPSA) is 77.0 Å². The Bertz CT molecular complexity index is 581. The predicted molar refractivity (Wildman–Crippen MR) is 61.3 cm³/mol. The van der Waals surface area contributed by atoms with Gasteiger partial charge in [0.2, 0.25) is 5.91 Å². The number of carbonyl (C=O) groups excluding carboxylic acids is 1. The normalized spacial score (nSPS) is 14.1. The van der Waals surface area contributed by atoms with Gasteiger partial charge in [-0.2, -0.15) is 5.26 Å². The van der Waals surface area contributed by atoms with Gasteiger partial charge in [-0.05, 0) is 24.5 Å². The lowest BCUT2D eigenvalue weighted by atomic mass is 9.95. The van der Waals surface area contributed by atoms with Gasteiger partial charge < -0.3 is 9.88 Å². The Kier molecular flexibility index (Phi) is 2.72. The molecule has 1 aromatic rings. The number of aromatic amines is 1. The van der Waals surface area contributed by atoms with Gasteiger partial charge in [-0.3, -0.25) is 9.59 Å². The van der Waals surface area contributed by atoms with Gasteiger partial charge in [0.15, 0.2) is 0 Å². The first-order valence-corrected chi connectivity index (χ1v) is 5.45. The molecular formula is C12H13N3O2. The molecule has 1 amide bonds. The third-order valence-corrected chi connectivity index (χ3v) is 3.18. The van der Waals surface area contributed by atoms with Gasteiger partial charge in [-0.15, -0.1) is 0 Å². The van der Waals surface area contributed by atoms with Crippen molar-refractivity contribution in [2.24, 2.45) is 0 Å². The van der Waals surface area contributed by atoms with E-state index in [0.29, 0.717) is 25.1 Å². The number of aromatic nitrogens is 1. The highest BCUT2D eigenvalue weighted by molar-refractivity contribution is 5.73. The quantitative estimate of drug-likeness (QED) is 0.704. The zero-order chi connectivity index (χ0) is 12.6. The summed E-state index contributed by atoms with van der Waals surface area (Å²) in [6, 6.07) is 1.93. The summed E-state index contributed by atoms with van der Waals surface area (Å²) < 4.78 is 0. The minimum atomic E-state index is -0.367. The largest absolute Gasteiger partial charge is 0.338 e. The van der Waals surface area contributed by atoms with Crippen LogP contribution in [0.25, 0.3) is 0 Å². The number of pyridine rings is 1. The highest BCUT2D eigenvalue weighted by atomic mass is 16.2. The van der Waals surface area contributed by atoms with E-state index in [0.717, 1.165) is 11.3 Å². The van der Waals surface area contributed by atoms with Crippen LogP contribution in [0.5, 0.6) is 0 Å². The maximum absolute atomic E-state index is 11.6. The summed E-state index contributed by atoms with van der Waals surface area (Å²) in [4.78, 5) is 27.3. The number of hydrogen-bond donors (Lipinski definition) is 1. The molecule has 0 fully saturated rings. The van der Waals surface area contributed by atoms with Crippen LogP contribution < -0.4 is 5.56 Å². The van der Waals surface area contributed by atoms with Crippen LogP contribution in [0.15, 0.2) is 4.79 Å². The molecule has 0 aromatic carbocycles. The summed E-state index contributed by atoms with van der Waals surface area (Å²) in [5, 5.41) is 9.02. The molecule has 0 saturated heterocycles. The van der Waals surface area contributed by atoms with E-state index in [-0.39, 0.29) is 17.0 Å². The number of hydrogen-bond acceptors (Lipinski definition) is 3. The molecule has 1 aliphatic rings. The van der Waals surface area contributed by atoms with E-state index in [1.807, 2.05) is 13.0 Å². The number of amides is 1. The number of fused-ring (bicyclic) bond motifs is 1. The zero-order valence-electron chi connectivity index (χ0n) is 9.83. The molecule has 1 N–H and O–H groups in total. The summed E-state index contributed by atoms with van der Waals surface area (Å²) in [5.74, 6) is -0.0301. The Morgan fingerprint density at radius 1 is 1.47 bits per heavy atom. The Morgan fingerprint density at radius 3 is 2.76 bits per heavy atom. The molecule has 2 heterocycles. The molecule has 0 bridgehead atoms. The van der Waals surface area contributed by atoms with E-state index < -0.39 is 0 Å². The highest BCUT2D eigenvalue weighted by Crippen LogP contribution is 2.22. The molecule has 2 rings (SSSR count). The number of carbonyl (C=O) groups is 1. The first kappa shape index (κ1) is 11.4. The average Bonchev–Trinajstić information content (AvgIpc) is 2.28. The van der Waals surface area contributed by atoms with E-state index in [4.69, 9.17) is 5.26 Å².